The van der Waals surface area contributed by atoms with Crippen molar-refractivity contribution >= 4 is 17.9 Å². The summed E-state index contributed by atoms with van der Waals surface area (Å²) in [6.07, 6.45) is 82.9. The number of hydrogen-bond acceptors (Lipinski definition) is 6. The molecular weight excluding hydrogens is 877 g/mol. The van der Waals surface area contributed by atoms with Crippen LogP contribution in [0.4, 0.5) is 0 Å². The van der Waals surface area contributed by atoms with Crippen LogP contribution in [0.25, 0.3) is 0 Å². The Morgan fingerprint density at radius 1 is 0.296 bits per heavy atom. The molecule has 0 bridgehead atoms. The Balaban J connectivity index is 4.64. The molecule has 1 atom stereocenters. The maximum absolute atomic E-state index is 12.8. The highest BCUT2D eigenvalue weighted by molar-refractivity contribution is 5.71. The summed E-state index contributed by atoms with van der Waals surface area (Å²) in [5.74, 6) is -1.11. The van der Waals surface area contributed by atoms with E-state index < -0.39 is 12.1 Å². The van der Waals surface area contributed by atoms with Crippen LogP contribution in [0.3, 0.4) is 0 Å². The van der Waals surface area contributed by atoms with Crippen LogP contribution in [0.15, 0.2) is 146 Å². The zero-order valence-electron chi connectivity index (χ0n) is 45.4. The van der Waals surface area contributed by atoms with Gasteiger partial charge in [0.05, 0.1) is 0 Å². The van der Waals surface area contributed by atoms with Crippen molar-refractivity contribution in [2.24, 2.45) is 0 Å². The van der Waals surface area contributed by atoms with Gasteiger partial charge in [-0.3, -0.25) is 14.4 Å². The Morgan fingerprint density at radius 2 is 0.549 bits per heavy atom. The molecule has 398 valence electrons. The molecule has 0 aliphatic heterocycles. The zero-order valence-corrected chi connectivity index (χ0v) is 45.4. The van der Waals surface area contributed by atoms with E-state index in [0.29, 0.717) is 19.3 Å². The van der Waals surface area contributed by atoms with Gasteiger partial charge in [-0.05, 0) is 96.3 Å². The van der Waals surface area contributed by atoms with Crippen LogP contribution in [-0.4, -0.2) is 37.2 Å². The Kier molecular flexibility index (Phi) is 54.0. The Labute approximate surface area is 436 Å². The number of carbonyl (C=O) groups is 3. The molecule has 71 heavy (non-hydrogen) atoms. The molecule has 0 aromatic carbocycles. The van der Waals surface area contributed by atoms with E-state index in [1.54, 1.807) is 0 Å². The molecule has 0 radical (unpaired) electrons. The van der Waals surface area contributed by atoms with E-state index in [4.69, 9.17) is 14.2 Å². The van der Waals surface area contributed by atoms with Gasteiger partial charge in [-0.2, -0.15) is 0 Å². The standard InChI is InChI=1S/C65H102O6/c1-4-7-10-13-16-19-22-25-28-30-32-34-37-40-43-46-49-52-55-58-64(67)70-61-62(60-69-63(66)57-54-51-48-45-42-39-36-27-24-21-18-15-12-9-6-3)71-65(68)59-56-53-50-47-44-41-38-35-33-31-29-26-23-20-17-14-11-8-5-2/h7-8,10-11,16-17,19-20,25-26,28-29,32-35,40-41,43-44,49-50,52-53,62H,4-6,9,12-15,18,21-24,27,30-31,36-39,42,45-48,51,54-61H2,1-3H3/b10-7-,11-8-,19-16-,20-17-,28-25-,29-26-,34-32-,35-33-,43-40-,44-41-,52-49-,53-50-. The summed E-state index contributed by atoms with van der Waals surface area (Å²) in [5, 5.41) is 0. The van der Waals surface area contributed by atoms with Crippen molar-refractivity contribution in [1.82, 2.24) is 0 Å². The molecule has 0 aromatic rings. The first-order valence-corrected chi connectivity index (χ1v) is 28.3. The third-order valence-electron chi connectivity index (χ3n) is 11.4. The van der Waals surface area contributed by atoms with Gasteiger partial charge in [0.1, 0.15) is 13.2 Å². The van der Waals surface area contributed by atoms with E-state index in [-0.39, 0.29) is 38.0 Å². The largest absolute Gasteiger partial charge is 0.462 e. The lowest BCUT2D eigenvalue weighted by molar-refractivity contribution is -0.166. The SMILES string of the molecule is CC/C=C\C/C=C\C/C=C\C/C=C\C/C=C\C/C=C\CCC(=O)OCC(COC(=O)CCCCCCCCCCCCCCCCC)OC(=O)CC/C=C\C/C=C\C/C=C\C/C=C\C/C=C\C/C=C\CC. The molecule has 0 amide bonds. The van der Waals surface area contributed by atoms with E-state index in [9.17, 15) is 14.4 Å². The normalized spacial score (nSPS) is 13.2. The van der Waals surface area contributed by atoms with Crippen molar-refractivity contribution in [1.29, 1.82) is 0 Å². The number of rotatable bonds is 49. The van der Waals surface area contributed by atoms with Gasteiger partial charge >= 0.3 is 17.9 Å². The summed E-state index contributed by atoms with van der Waals surface area (Å²) < 4.78 is 16.7. The van der Waals surface area contributed by atoms with Gasteiger partial charge in [-0.15, -0.1) is 0 Å². The van der Waals surface area contributed by atoms with Gasteiger partial charge in [0.25, 0.3) is 0 Å². The van der Waals surface area contributed by atoms with Crippen molar-refractivity contribution in [2.75, 3.05) is 13.2 Å². The van der Waals surface area contributed by atoms with Crippen molar-refractivity contribution < 1.29 is 28.6 Å². The Bertz CT molecular complexity index is 1590. The van der Waals surface area contributed by atoms with Crippen LogP contribution < -0.4 is 0 Å². The lowest BCUT2D eigenvalue weighted by Crippen LogP contribution is -2.30. The first kappa shape index (κ1) is 66.3. The molecule has 0 aromatic heterocycles. The molecule has 0 fully saturated rings. The molecule has 6 heteroatoms. The average molecular weight is 980 g/mol. The van der Waals surface area contributed by atoms with Crippen LogP contribution in [0.1, 0.15) is 226 Å². The van der Waals surface area contributed by atoms with Gasteiger partial charge < -0.3 is 14.2 Å². The van der Waals surface area contributed by atoms with E-state index in [0.717, 1.165) is 96.3 Å². The predicted octanol–water partition coefficient (Wildman–Crippen LogP) is 19.2. The summed E-state index contributed by atoms with van der Waals surface area (Å²) >= 11 is 0. The fraction of sp³-hybridized carbons (Fsp3) is 0.585. The lowest BCUT2D eigenvalue weighted by atomic mass is 10.0. The third-order valence-corrected chi connectivity index (χ3v) is 11.4. The van der Waals surface area contributed by atoms with Crippen LogP contribution in [0.2, 0.25) is 0 Å². The van der Waals surface area contributed by atoms with Gasteiger partial charge in [-0.1, -0.05) is 256 Å². The molecule has 0 saturated carbocycles. The fourth-order valence-electron chi connectivity index (χ4n) is 7.20. The number of allylic oxidation sites excluding steroid dienone is 24. The lowest BCUT2D eigenvalue weighted by Gasteiger charge is -2.18. The predicted molar refractivity (Wildman–Crippen MR) is 306 cm³/mol. The highest BCUT2D eigenvalue weighted by atomic mass is 16.6. The fourth-order valence-corrected chi connectivity index (χ4v) is 7.20. The third kappa shape index (κ3) is 56.1. The molecule has 6 nitrogen and oxygen atoms in total. The second kappa shape index (κ2) is 57.9. The summed E-state index contributed by atoms with van der Waals surface area (Å²) in [4.78, 5) is 38.1. The van der Waals surface area contributed by atoms with E-state index >= 15 is 0 Å². The summed E-state index contributed by atoms with van der Waals surface area (Å²) in [6.45, 7) is 6.28. The van der Waals surface area contributed by atoms with Crippen molar-refractivity contribution in [3.05, 3.63) is 146 Å². The number of hydrogen-bond donors (Lipinski definition) is 0. The maximum atomic E-state index is 12.8. The van der Waals surface area contributed by atoms with Crippen LogP contribution in [-0.2, 0) is 28.6 Å². The molecule has 0 heterocycles. The minimum absolute atomic E-state index is 0.135. The smallest absolute Gasteiger partial charge is 0.306 e. The van der Waals surface area contributed by atoms with Crippen molar-refractivity contribution in [3.8, 4) is 0 Å². The van der Waals surface area contributed by atoms with Gasteiger partial charge in [0, 0.05) is 19.3 Å². The zero-order chi connectivity index (χ0) is 51.4. The summed E-state index contributed by atoms with van der Waals surface area (Å²) in [7, 11) is 0. The second-order valence-corrected chi connectivity index (χ2v) is 18.1. The van der Waals surface area contributed by atoms with Crippen LogP contribution >= 0.6 is 0 Å². The van der Waals surface area contributed by atoms with Crippen LogP contribution in [0, 0.1) is 0 Å². The number of unbranched alkanes of at least 4 members (excludes halogenated alkanes) is 14. The molecule has 1 unspecified atom stereocenters. The molecular formula is C65H102O6. The molecule has 0 spiro atoms. The molecule has 0 N–H and O–H groups in total. The van der Waals surface area contributed by atoms with E-state index in [1.165, 1.54) is 77.0 Å². The monoisotopic (exact) mass is 979 g/mol. The van der Waals surface area contributed by atoms with Gasteiger partial charge in [-0.25, -0.2) is 0 Å². The highest BCUT2D eigenvalue weighted by Crippen LogP contribution is 2.14. The second-order valence-electron chi connectivity index (χ2n) is 18.1. The molecule has 0 aliphatic carbocycles. The van der Waals surface area contributed by atoms with Crippen molar-refractivity contribution in [3.63, 3.8) is 0 Å². The van der Waals surface area contributed by atoms with E-state index in [1.807, 2.05) is 24.3 Å². The average Bonchev–Trinajstić information content (AvgIpc) is 3.37. The summed E-state index contributed by atoms with van der Waals surface area (Å²) in [6, 6.07) is 0. The minimum atomic E-state index is -0.854. The van der Waals surface area contributed by atoms with Crippen LogP contribution in [0.5, 0.6) is 0 Å². The topological polar surface area (TPSA) is 78.9 Å². The highest BCUT2D eigenvalue weighted by Gasteiger charge is 2.19. The van der Waals surface area contributed by atoms with Gasteiger partial charge in [0.15, 0.2) is 6.10 Å². The first-order chi connectivity index (χ1) is 35.0. The Hall–Kier alpha value is -4.71. The quantitative estimate of drug-likeness (QED) is 0.0262. The molecule has 0 rings (SSSR count). The Morgan fingerprint density at radius 3 is 0.859 bits per heavy atom. The molecule has 0 saturated heterocycles. The molecule has 0 aliphatic rings. The number of esters is 3. The number of ether oxygens (including phenoxy) is 3. The van der Waals surface area contributed by atoms with Gasteiger partial charge in [0.2, 0.25) is 0 Å². The van der Waals surface area contributed by atoms with Crippen molar-refractivity contribution in [2.45, 2.75) is 232 Å². The first-order valence-electron chi connectivity index (χ1n) is 28.3. The maximum Gasteiger partial charge on any atom is 0.306 e. The summed E-state index contributed by atoms with van der Waals surface area (Å²) in [5.41, 5.74) is 0. The number of carbonyl (C=O) groups excluding carboxylic acids is 3. The minimum Gasteiger partial charge on any atom is -0.462 e. The van der Waals surface area contributed by atoms with E-state index in [2.05, 4.69) is 142 Å².